The Labute approximate surface area is 109 Å². The molecular weight excluding hydrogens is 316 g/mol. The fourth-order valence-electron chi connectivity index (χ4n) is 1.29. The molecular formula is C10H8BrF2NO4. The highest BCUT2D eigenvalue weighted by atomic mass is 79.9. The van der Waals surface area contributed by atoms with Gasteiger partial charge in [0.05, 0.1) is 15.3 Å². The zero-order valence-corrected chi connectivity index (χ0v) is 10.7. The molecule has 0 heterocycles. The van der Waals surface area contributed by atoms with Gasteiger partial charge in [0.2, 0.25) is 5.75 Å². The molecule has 1 atom stereocenters. The van der Waals surface area contributed by atoms with Gasteiger partial charge >= 0.3 is 12.3 Å². The van der Waals surface area contributed by atoms with Crippen molar-refractivity contribution in [2.24, 2.45) is 0 Å². The predicted octanol–water partition coefficient (Wildman–Crippen LogP) is 3.16. The number of nitrogens with zero attached hydrogens (tertiary/aromatic N) is 1. The first-order valence-electron chi connectivity index (χ1n) is 4.75. The smallest absolute Gasteiger partial charge is 0.387 e. The summed E-state index contributed by atoms with van der Waals surface area (Å²) in [5.74, 6) is -1.29. The Hall–Kier alpha value is -1.57. The summed E-state index contributed by atoms with van der Waals surface area (Å²) < 4.78 is 28.6. The Balaban J connectivity index is 3.37. The van der Waals surface area contributed by atoms with Crippen LogP contribution in [0.2, 0.25) is 0 Å². The summed E-state index contributed by atoms with van der Waals surface area (Å²) in [6.07, 6.45) is 0. The van der Waals surface area contributed by atoms with Crippen molar-refractivity contribution < 1.29 is 23.2 Å². The van der Waals surface area contributed by atoms with Crippen LogP contribution in [0.1, 0.15) is 17.3 Å². The van der Waals surface area contributed by atoms with Crippen LogP contribution in [0.25, 0.3) is 0 Å². The lowest BCUT2D eigenvalue weighted by Gasteiger charge is -2.10. The van der Waals surface area contributed by atoms with Crippen LogP contribution in [-0.4, -0.2) is 22.1 Å². The van der Waals surface area contributed by atoms with E-state index < -0.39 is 33.6 Å². The Morgan fingerprint density at radius 1 is 1.50 bits per heavy atom. The van der Waals surface area contributed by atoms with Gasteiger partial charge in [-0.15, -0.1) is 0 Å². The lowest BCUT2D eigenvalue weighted by atomic mass is 10.1. The first kappa shape index (κ1) is 14.5. The van der Waals surface area contributed by atoms with Crippen molar-refractivity contribution in [3.05, 3.63) is 33.9 Å². The minimum Gasteiger partial charge on any atom is -0.427 e. The van der Waals surface area contributed by atoms with Gasteiger partial charge < -0.3 is 4.74 Å². The van der Waals surface area contributed by atoms with E-state index in [0.29, 0.717) is 0 Å². The molecule has 5 nitrogen and oxygen atoms in total. The molecule has 18 heavy (non-hydrogen) atoms. The zero-order chi connectivity index (χ0) is 13.9. The monoisotopic (exact) mass is 323 g/mol. The Kier molecular flexibility index (Phi) is 4.71. The third-order valence-corrected chi connectivity index (χ3v) is 2.44. The van der Waals surface area contributed by atoms with Crippen LogP contribution in [0.4, 0.5) is 14.5 Å². The molecule has 0 bridgehead atoms. The van der Waals surface area contributed by atoms with Gasteiger partial charge in [-0.1, -0.05) is 22.0 Å². The van der Waals surface area contributed by atoms with Gasteiger partial charge in [-0.2, -0.15) is 8.78 Å². The molecule has 1 unspecified atom stereocenters. The second-order valence-corrected chi connectivity index (χ2v) is 4.64. The highest BCUT2D eigenvalue weighted by Gasteiger charge is 2.27. The number of Topliss-reactive ketones (excluding diaryl/α,β-unsaturated/α-hetero) is 1. The maximum Gasteiger partial charge on any atom is 0.387 e. The van der Waals surface area contributed by atoms with Gasteiger partial charge in [0.1, 0.15) is 0 Å². The van der Waals surface area contributed by atoms with E-state index in [0.717, 1.165) is 6.07 Å². The molecule has 0 aliphatic heterocycles. The normalized spacial score (nSPS) is 12.3. The van der Waals surface area contributed by atoms with Crippen LogP contribution in [0.3, 0.4) is 0 Å². The van der Waals surface area contributed by atoms with Crippen molar-refractivity contribution in [2.75, 3.05) is 0 Å². The van der Waals surface area contributed by atoms with Crippen molar-refractivity contribution in [1.29, 1.82) is 0 Å². The number of ketones is 1. The highest BCUT2D eigenvalue weighted by Crippen LogP contribution is 2.33. The van der Waals surface area contributed by atoms with Gasteiger partial charge in [-0.05, 0) is 13.0 Å². The van der Waals surface area contributed by atoms with Gasteiger partial charge in [0.25, 0.3) is 0 Å². The van der Waals surface area contributed by atoms with Crippen LogP contribution in [0.5, 0.6) is 5.75 Å². The first-order valence-corrected chi connectivity index (χ1v) is 5.66. The summed E-state index contributed by atoms with van der Waals surface area (Å²) in [5.41, 5.74) is -0.928. The minimum atomic E-state index is -3.25. The minimum absolute atomic E-state index is 0.256. The number of hydrogen-bond donors (Lipinski definition) is 0. The van der Waals surface area contributed by atoms with Crippen LogP contribution < -0.4 is 4.74 Å². The van der Waals surface area contributed by atoms with Gasteiger partial charge in [0.15, 0.2) is 5.78 Å². The molecule has 0 N–H and O–H groups in total. The molecule has 0 saturated heterocycles. The fraction of sp³-hybridized carbons (Fsp3) is 0.300. The highest BCUT2D eigenvalue weighted by molar-refractivity contribution is 9.10. The molecule has 0 amide bonds. The molecule has 0 aromatic heterocycles. The Morgan fingerprint density at radius 3 is 2.56 bits per heavy atom. The van der Waals surface area contributed by atoms with E-state index in [1.807, 2.05) is 0 Å². The average Bonchev–Trinajstić information content (AvgIpc) is 2.27. The lowest BCUT2D eigenvalue weighted by molar-refractivity contribution is -0.386. The Bertz CT molecular complexity index is 479. The number of ether oxygens (including phenoxy) is 1. The topological polar surface area (TPSA) is 69.4 Å². The summed E-state index contributed by atoms with van der Waals surface area (Å²) >= 11 is 2.98. The molecule has 1 aromatic rings. The number of rotatable bonds is 5. The van der Waals surface area contributed by atoms with Crippen molar-refractivity contribution in [3.8, 4) is 5.75 Å². The number of benzene rings is 1. The molecule has 0 spiro atoms. The average molecular weight is 324 g/mol. The first-order chi connectivity index (χ1) is 8.34. The molecule has 0 aliphatic carbocycles. The maximum atomic E-state index is 12.2. The van der Waals surface area contributed by atoms with E-state index in [9.17, 15) is 23.7 Å². The predicted molar refractivity (Wildman–Crippen MR) is 62.4 cm³/mol. The van der Waals surface area contributed by atoms with Gasteiger partial charge in [-0.25, -0.2) is 0 Å². The SMILES string of the molecule is CC(Br)C(=O)c1cccc([N+](=O)[O-])c1OC(F)F. The fourth-order valence-corrected chi connectivity index (χ4v) is 1.54. The van der Waals surface area contributed by atoms with Crippen LogP contribution >= 0.6 is 15.9 Å². The van der Waals surface area contributed by atoms with E-state index in [1.54, 1.807) is 0 Å². The summed E-state index contributed by atoms with van der Waals surface area (Å²) in [6.45, 7) is -1.77. The summed E-state index contributed by atoms with van der Waals surface area (Å²) in [6, 6.07) is 3.43. The molecule has 98 valence electrons. The second-order valence-electron chi connectivity index (χ2n) is 3.27. The van der Waals surface area contributed by atoms with E-state index in [4.69, 9.17) is 0 Å². The van der Waals surface area contributed by atoms with Crippen molar-refractivity contribution in [3.63, 3.8) is 0 Å². The number of hydrogen-bond acceptors (Lipinski definition) is 4. The van der Waals surface area contributed by atoms with E-state index in [-0.39, 0.29) is 5.56 Å². The molecule has 0 aliphatic rings. The standard InChI is InChI=1S/C10H8BrF2NO4/c1-5(11)8(15)6-3-2-4-7(14(16)17)9(6)18-10(12)13/h2-5,10H,1H3. The number of nitro benzene ring substituents is 1. The molecule has 8 heteroatoms. The van der Waals surface area contributed by atoms with Crippen LogP contribution in [0, 0.1) is 10.1 Å². The lowest BCUT2D eigenvalue weighted by Crippen LogP contribution is -2.14. The third kappa shape index (κ3) is 3.22. The Morgan fingerprint density at radius 2 is 2.11 bits per heavy atom. The summed E-state index contributed by atoms with van der Waals surface area (Å²) in [7, 11) is 0. The van der Waals surface area contributed by atoms with E-state index in [2.05, 4.69) is 20.7 Å². The summed E-state index contributed by atoms with van der Waals surface area (Å²) in [5, 5.41) is 10.7. The third-order valence-electron chi connectivity index (χ3n) is 2.02. The number of nitro groups is 1. The number of halogens is 3. The molecule has 0 fully saturated rings. The number of alkyl halides is 3. The largest absolute Gasteiger partial charge is 0.427 e. The van der Waals surface area contributed by atoms with Crippen molar-refractivity contribution in [2.45, 2.75) is 18.4 Å². The van der Waals surface area contributed by atoms with E-state index in [1.165, 1.54) is 19.1 Å². The number of para-hydroxylation sites is 1. The van der Waals surface area contributed by atoms with Crippen molar-refractivity contribution >= 4 is 27.4 Å². The quantitative estimate of drug-likeness (QED) is 0.361. The number of carbonyl (C=O) groups excluding carboxylic acids is 1. The zero-order valence-electron chi connectivity index (χ0n) is 9.10. The molecule has 0 saturated carbocycles. The maximum absolute atomic E-state index is 12.2. The molecule has 0 radical (unpaired) electrons. The number of carbonyl (C=O) groups is 1. The molecule has 1 aromatic carbocycles. The summed E-state index contributed by atoms with van der Waals surface area (Å²) in [4.78, 5) is 20.9. The van der Waals surface area contributed by atoms with Crippen LogP contribution in [-0.2, 0) is 0 Å². The van der Waals surface area contributed by atoms with Gasteiger partial charge in [0, 0.05) is 6.07 Å². The van der Waals surface area contributed by atoms with Gasteiger partial charge in [-0.3, -0.25) is 14.9 Å². The molecule has 1 rings (SSSR count). The van der Waals surface area contributed by atoms with Crippen LogP contribution in [0.15, 0.2) is 18.2 Å². The van der Waals surface area contributed by atoms with E-state index >= 15 is 0 Å². The second kappa shape index (κ2) is 5.85. The van der Waals surface area contributed by atoms with Crippen molar-refractivity contribution in [1.82, 2.24) is 0 Å².